The zero-order chi connectivity index (χ0) is 12.5. The van der Waals surface area contributed by atoms with Crippen molar-refractivity contribution in [2.24, 2.45) is 5.92 Å². The molecule has 92 valence electrons. The number of rotatable bonds is 1. The summed E-state index contributed by atoms with van der Waals surface area (Å²) in [6.45, 7) is 4.69. The minimum atomic E-state index is 0.657. The molecule has 18 heavy (non-hydrogen) atoms. The summed E-state index contributed by atoms with van der Waals surface area (Å²) in [6, 6.07) is 17.9. The third-order valence-corrected chi connectivity index (χ3v) is 4.20. The van der Waals surface area contributed by atoms with Gasteiger partial charge in [-0.1, -0.05) is 62.4 Å². The molecule has 0 aromatic heterocycles. The van der Waals surface area contributed by atoms with E-state index in [4.69, 9.17) is 0 Å². The van der Waals surface area contributed by atoms with Crippen LogP contribution < -0.4 is 0 Å². The minimum Gasteiger partial charge on any atom is -0.0622 e. The smallest absolute Gasteiger partial charge is 0.00202 e. The van der Waals surface area contributed by atoms with E-state index >= 15 is 0 Å². The van der Waals surface area contributed by atoms with Crippen molar-refractivity contribution in [2.45, 2.75) is 32.6 Å². The molecule has 0 heterocycles. The second-order valence-corrected chi connectivity index (χ2v) is 5.70. The standard InChI is InChI=1S/C18H20/c1-13(2)18-12-15-8-4-3-7-14(15)11-16-9-5-6-10-17(16)18/h3-10,13,18H,11-12H2,1-2H3. The molecule has 1 atom stereocenters. The van der Waals surface area contributed by atoms with Gasteiger partial charge in [0.1, 0.15) is 0 Å². The minimum absolute atomic E-state index is 0.657. The average Bonchev–Trinajstić information content (AvgIpc) is 2.55. The maximum Gasteiger partial charge on any atom is -0.00202 e. The van der Waals surface area contributed by atoms with E-state index in [-0.39, 0.29) is 0 Å². The van der Waals surface area contributed by atoms with Gasteiger partial charge in [0.15, 0.2) is 0 Å². The predicted octanol–water partition coefficient (Wildman–Crippen LogP) is 4.57. The predicted molar refractivity (Wildman–Crippen MR) is 77.0 cm³/mol. The molecule has 1 aliphatic carbocycles. The third-order valence-electron chi connectivity index (χ3n) is 4.20. The average molecular weight is 236 g/mol. The van der Waals surface area contributed by atoms with Crippen LogP contribution in [0.25, 0.3) is 0 Å². The number of benzene rings is 2. The number of hydrogen-bond acceptors (Lipinski definition) is 0. The van der Waals surface area contributed by atoms with Crippen molar-refractivity contribution in [3.63, 3.8) is 0 Å². The summed E-state index contributed by atoms with van der Waals surface area (Å²) in [4.78, 5) is 0. The van der Waals surface area contributed by atoms with E-state index in [1.54, 1.807) is 5.56 Å². The quantitative estimate of drug-likeness (QED) is 0.680. The Balaban J connectivity index is 2.14. The first-order chi connectivity index (χ1) is 8.75. The summed E-state index contributed by atoms with van der Waals surface area (Å²) in [5, 5.41) is 0. The van der Waals surface area contributed by atoms with Crippen molar-refractivity contribution in [1.82, 2.24) is 0 Å². The molecular formula is C18H20. The van der Waals surface area contributed by atoms with Crippen LogP contribution in [0.15, 0.2) is 48.5 Å². The SMILES string of the molecule is CC(C)C1Cc2ccccc2Cc2ccccc21. The van der Waals surface area contributed by atoms with Crippen LogP contribution in [0.5, 0.6) is 0 Å². The highest BCUT2D eigenvalue weighted by Gasteiger charge is 2.23. The van der Waals surface area contributed by atoms with Crippen molar-refractivity contribution < 1.29 is 0 Å². The monoisotopic (exact) mass is 236 g/mol. The lowest BCUT2D eigenvalue weighted by Gasteiger charge is -2.21. The molecule has 2 aromatic rings. The summed E-state index contributed by atoms with van der Waals surface area (Å²) in [7, 11) is 0. The van der Waals surface area contributed by atoms with Gasteiger partial charge >= 0.3 is 0 Å². The van der Waals surface area contributed by atoms with Gasteiger partial charge in [-0.05, 0) is 46.9 Å². The van der Waals surface area contributed by atoms with Crippen molar-refractivity contribution in [1.29, 1.82) is 0 Å². The molecule has 0 nitrogen and oxygen atoms in total. The van der Waals surface area contributed by atoms with Gasteiger partial charge in [0.05, 0.1) is 0 Å². The highest BCUT2D eigenvalue weighted by molar-refractivity contribution is 5.42. The highest BCUT2D eigenvalue weighted by Crippen LogP contribution is 2.36. The Morgan fingerprint density at radius 1 is 0.833 bits per heavy atom. The summed E-state index contributed by atoms with van der Waals surface area (Å²) >= 11 is 0. The zero-order valence-corrected chi connectivity index (χ0v) is 11.2. The van der Waals surface area contributed by atoms with Crippen molar-refractivity contribution >= 4 is 0 Å². The summed E-state index contributed by atoms with van der Waals surface area (Å²) in [5.41, 5.74) is 6.12. The maximum atomic E-state index is 2.34. The molecule has 0 bridgehead atoms. The van der Waals surface area contributed by atoms with Crippen LogP contribution in [0.3, 0.4) is 0 Å². The molecule has 0 spiro atoms. The molecule has 3 rings (SSSR count). The number of hydrogen-bond donors (Lipinski definition) is 0. The molecular weight excluding hydrogens is 216 g/mol. The van der Waals surface area contributed by atoms with Crippen LogP contribution in [0.2, 0.25) is 0 Å². The fourth-order valence-electron chi connectivity index (χ4n) is 3.13. The Morgan fingerprint density at radius 3 is 2.17 bits per heavy atom. The van der Waals surface area contributed by atoms with Crippen molar-refractivity contribution in [3.8, 4) is 0 Å². The Kier molecular flexibility index (Phi) is 2.95. The molecule has 1 unspecified atom stereocenters. The molecule has 0 aliphatic heterocycles. The van der Waals surface area contributed by atoms with Crippen LogP contribution in [0.4, 0.5) is 0 Å². The van der Waals surface area contributed by atoms with Crippen molar-refractivity contribution in [2.75, 3.05) is 0 Å². The lowest BCUT2D eigenvalue weighted by atomic mass is 9.83. The first-order valence-electron chi connectivity index (χ1n) is 6.90. The Labute approximate surface area is 110 Å². The second-order valence-electron chi connectivity index (χ2n) is 5.70. The lowest BCUT2D eigenvalue weighted by Crippen LogP contribution is -2.10. The highest BCUT2D eigenvalue weighted by atomic mass is 14.3. The van der Waals surface area contributed by atoms with Gasteiger partial charge in [0.25, 0.3) is 0 Å². The number of fused-ring (bicyclic) bond motifs is 2. The molecule has 1 aliphatic rings. The Hall–Kier alpha value is -1.56. The van der Waals surface area contributed by atoms with Gasteiger partial charge in [0.2, 0.25) is 0 Å². The van der Waals surface area contributed by atoms with E-state index in [2.05, 4.69) is 62.4 Å². The van der Waals surface area contributed by atoms with Crippen molar-refractivity contribution in [3.05, 3.63) is 70.8 Å². The maximum absolute atomic E-state index is 2.34. The summed E-state index contributed by atoms with van der Waals surface area (Å²) < 4.78 is 0. The molecule has 0 amide bonds. The molecule has 0 heteroatoms. The topological polar surface area (TPSA) is 0 Å². The first-order valence-corrected chi connectivity index (χ1v) is 6.90. The third kappa shape index (κ3) is 1.96. The molecule has 0 N–H and O–H groups in total. The van der Waals surface area contributed by atoms with E-state index in [0.29, 0.717) is 11.8 Å². The molecule has 0 saturated carbocycles. The summed E-state index contributed by atoms with van der Waals surface area (Å²) in [6.07, 6.45) is 2.28. The van der Waals surface area contributed by atoms with Crippen LogP contribution in [0, 0.1) is 5.92 Å². The van der Waals surface area contributed by atoms with Gasteiger partial charge < -0.3 is 0 Å². The fraction of sp³-hybridized carbons (Fsp3) is 0.333. The van der Waals surface area contributed by atoms with Gasteiger partial charge in [-0.15, -0.1) is 0 Å². The van der Waals surface area contributed by atoms with E-state index in [9.17, 15) is 0 Å². The van der Waals surface area contributed by atoms with Gasteiger partial charge in [-0.25, -0.2) is 0 Å². The zero-order valence-electron chi connectivity index (χ0n) is 11.2. The van der Waals surface area contributed by atoms with Crippen LogP contribution in [0.1, 0.15) is 42.0 Å². The normalized spacial score (nSPS) is 18.1. The van der Waals surface area contributed by atoms with E-state index in [0.717, 1.165) is 6.42 Å². The largest absolute Gasteiger partial charge is 0.0622 e. The van der Waals surface area contributed by atoms with E-state index in [1.807, 2.05) is 0 Å². The van der Waals surface area contributed by atoms with Gasteiger partial charge in [-0.3, -0.25) is 0 Å². The summed E-state index contributed by atoms with van der Waals surface area (Å²) in [5.74, 6) is 1.35. The fourth-order valence-corrected chi connectivity index (χ4v) is 3.13. The Morgan fingerprint density at radius 2 is 1.44 bits per heavy atom. The molecule has 2 aromatic carbocycles. The van der Waals surface area contributed by atoms with Crippen LogP contribution in [-0.2, 0) is 12.8 Å². The van der Waals surface area contributed by atoms with Crippen LogP contribution >= 0.6 is 0 Å². The lowest BCUT2D eigenvalue weighted by molar-refractivity contribution is 0.496. The van der Waals surface area contributed by atoms with Gasteiger partial charge in [0, 0.05) is 0 Å². The molecule has 0 radical (unpaired) electrons. The molecule has 0 saturated heterocycles. The van der Waals surface area contributed by atoms with Gasteiger partial charge in [-0.2, -0.15) is 0 Å². The van der Waals surface area contributed by atoms with E-state index < -0.39 is 0 Å². The first kappa shape index (κ1) is 11.5. The Bertz CT molecular complexity index is 551. The second kappa shape index (κ2) is 4.61. The van der Waals surface area contributed by atoms with Crippen LogP contribution in [-0.4, -0.2) is 0 Å². The molecule has 0 fully saturated rings. The van der Waals surface area contributed by atoms with E-state index in [1.165, 1.54) is 23.1 Å².